The first-order chi connectivity index (χ1) is 14.2. The summed E-state index contributed by atoms with van der Waals surface area (Å²) in [5, 5.41) is 4.88. The Morgan fingerprint density at radius 1 is 1.24 bits per heavy atom. The van der Waals surface area contributed by atoms with E-state index in [-0.39, 0.29) is 12.8 Å². The SMILES string of the molecule is CCN(Cc1ccc2c(c1)OCO2)C(=O)Nc1cccc(OCc2cscn2)c1. The third-order valence-electron chi connectivity index (χ3n) is 4.43. The molecule has 0 atom stereocenters. The fourth-order valence-corrected chi connectivity index (χ4v) is 3.46. The van der Waals surface area contributed by atoms with Crippen molar-refractivity contribution < 1.29 is 19.0 Å². The maximum absolute atomic E-state index is 12.7. The van der Waals surface area contributed by atoms with Gasteiger partial charge in [-0.05, 0) is 36.8 Å². The molecule has 0 radical (unpaired) electrons. The molecule has 1 N–H and O–H groups in total. The van der Waals surface area contributed by atoms with E-state index in [0.29, 0.717) is 36.9 Å². The Labute approximate surface area is 172 Å². The Kier molecular flexibility index (Phi) is 5.81. The van der Waals surface area contributed by atoms with E-state index in [1.165, 1.54) is 11.3 Å². The van der Waals surface area contributed by atoms with Gasteiger partial charge in [-0.15, -0.1) is 11.3 Å². The Balaban J connectivity index is 1.37. The summed E-state index contributed by atoms with van der Waals surface area (Å²) in [5.74, 6) is 2.12. The topological polar surface area (TPSA) is 72.9 Å². The third-order valence-corrected chi connectivity index (χ3v) is 5.07. The number of urea groups is 1. The minimum Gasteiger partial charge on any atom is -0.487 e. The molecule has 29 heavy (non-hydrogen) atoms. The highest BCUT2D eigenvalue weighted by atomic mass is 32.1. The zero-order valence-electron chi connectivity index (χ0n) is 16.0. The van der Waals surface area contributed by atoms with E-state index in [9.17, 15) is 4.79 Å². The summed E-state index contributed by atoms with van der Waals surface area (Å²) < 4.78 is 16.5. The van der Waals surface area contributed by atoms with Crippen molar-refractivity contribution in [2.24, 2.45) is 0 Å². The van der Waals surface area contributed by atoms with Crippen molar-refractivity contribution in [1.82, 2.24) is 9.88 Å². The summed E-state index contributed by atoms with van der Waals surface area (Å²) in [6.07, 6.45) is 0. The number of thiazole rings is 1. The van der Waals surface area contributed by atoms with Crippen molar-refractivity contribution >= 4 is 23.1 Å². The van der Waals surface area contributed by atoms with Crippen LogP contribution in [0.2, 0.25) is 0 Å². The number of ether oxygens (including phenoxy) is 3. The van der Waals surface area contributed by atoms with Gasteiger partial charge in [0.25, 0.3) is 0 Å². The summed E-state index contributed by atoms with van der Waals surface area (Å²) in [6, 6.07) is 12.9. The first kappa shape index (κ1) is 19.1. The van der Waals surface area contributed by atoms with Crippen LogP contribution in [0.4, 0.5) is 10.5 Å². The van der Waals surface area contributed by atoms with Gasteiger partial charge in [0.15, 0.2) is 11.5 Å². The van der Waals surface area contributed by atoms with E-state index in [2.05, 4.69) is 10.3 Å². The summed E-state index contributed by atoms with van der Waals surface area (Å²) >= 11 is 1.53. The summed E-state index contributed by atoms with van der Waals surface area (Å²) in [6.45, 7) is 3.61. The molecular formula is C21H21N3O4S. The quantitative estimate of drug-likeness (QED) is 0.620. The largest absolute Gasteiger partial charge is 0.487 e. The van der Waals surface area contributed by atoms with Crippen LogP contribution >= 0.6 is 11.3 Å². The minimum absolute atomic E-state index is 0.179. The summed E-state index contributed by atoms with van der Waals surface area (Å²) in [5.41, 5.74) is 4.31. The monoisotopic (exact) mass is 411 g/mol. The molecule has 1 aromatic heterocycles. The number of hydrogen-bond acceptors (Lipinski definition) is 6. The van der Waals surface area contributed by atoms with E-state index in [4.69, 9.17) is 14.2 Å². The fraction of sp³-hybridized carbons (Fsp3) is 0.238. The van der Waals surface area contributed by atoms with Crippen molar-refractivity contribution in [2.45, 2.75) is 20.1 Å². The summed E-state index contributed by atoms with van der Waals surface area (Å²) in [7, 11) is 0. The lowest BCUT2D eigenvalue weighted by Crippen LogP contribution is -2.34. The zero-order valence-corrected chi connectivity index (χ0v) is 16.8. The van der Waals surface area contributed by atoms with Crippen LogP contribution in [0.15, 0.2) is 53.4 Å². The number of fused-ring (bicyclic) bond motifs is 1. The number of anilines is 1. The Morgan fingerprint density at radius 2 is 2.14 bits per heavy atom. The molecule has 0 bridgehead atoms. The number of nitrogens with zero attached hydrogens (tertiary/aromatic N) is 2. The number of hydrogen-bond donors (Lipinski definition) is 1. The molecule has 2 aromatic carbocycles. The van der Waals surface area contributed by atoms with Gasteiger partial charge in [-0.1, -0.05) is 12.1 Å². The van der Waals surface area contributed by atoms with Crippen molar-refractivity contribution in [1.29, 1.82) is 0 Å². The lowest BCUT2D eigenvalue weighted by molar-refractivity contribution is 0.174. The lowest BCUT2D eigenvalue weighted by atomic mass is 10.2. The van der Waals surface area contributed by atoms with E-state index in [1.807, 2.05) is 48.7 Å². The first-order valence-corrected chi connectivity index (χ1v) is 10.2. The molecule has 150 valence electrons. The maximum atomic E-state index is 12.7. The van der Waals surface area contributed by atoms with Gasteiger partial charge >= 0.3 is 6.03 Å². The second-order valence-corrected chi connectivity index (χ2v) is 7.15. The van der Waals surface area contributed by atoms with Gasteiger partial charge < -0.3 is 24.4 Å². The highest BCUT2D eigenvalue weighted by Crippen LogP contribution is 2.32. The number of amides is 2. The number of rotatable bonds is 7. The van der Waals surface area contributed by atoms with Crippen LogP contribution in [0, 0.1) is 0 Å². The third kappa shape index (κ3) is 4.78. The number of nitrogens with one attached hydrogen (secondary N) is 1. The van der Waals surface area contributed by atoms with E-state index >= 15 is 0 Å². The molecule has 3 aromatic rings. The van der Waals surface area contributed by atoms with Gasteiger partial charge in [0.1, 0.15) is 12.4 Å². The highest BCUT2D eigenvalue weighted by molar-refractivity contribution is 7.07. The molecule has 0 fully saturated rings. The Morgan fingerprint density at radius 3 is 2.97 bits per heavy atom. The number of benzene rings is 2. The molecule has 1 aliphatic rings. The Hall–Kier alpha value is -3.26. The van der Waals surface area contributed by atoms with Gasteiger partial charge in [-0.2, -0.15) is 0 Å². The average molecular weight is 411 g/mol. The van der Waals surface area contributed by atoms with Crippen LogP contribution in [0.5, 0.6) is 17.2 Å². The highest BCUT2D eigenvalue weighted by Gasteiger charge is 2.17. The standard InChI is InChI=1S/C21H21N3O4S/c1-2-24(10-15-6-7-19-20(8-15)28-14-27-19)21(25)23-16-4-3-5-18(9-16)26-11-17-12-29-13-22-17/h3-9,12-13H,2,10-11,14H2,1H3,(H,23,25). The second kappa shape index (κ2) is 8.83. The molecule has 7 nitrogen and oxygen atoms in total. The van der Waals surface area contributed by atoms with Crippen LogP contribution < -0.4 is 19.5 Å². The zero-order chi connectivity index (χ0) is 20.1. The van der Waals surface area contributed by atoms with Crippen molar-refractivity contribution in [2.75, 3.05) is 18.7 Å². The molecule has 0 spiro atoms. The smallest absolute Gasteiger partial charge is 0.322 e. The second-order valence-electron chi connectivity index (χ2n) is 6.43. The van der Waals surface area contributed by atoms with Gasteiger partial charge in [0, 0.05) is 30.2 Å². The predicted octanol–water partition coefficient (Wildman–Crippen LogP) is 4.50. The molecular weight excluding hydrogens is 390 g/mol. The maximum Gasteiger partial charge on any atom is 0.322 e. The molecule has 2 heterocycles. The molecule has 8 heteroatoms. The van der Waals surface area contributed by atoms with Gasteiger partial charge in [0.05, 0.1) is 11.2 Å². The molecule has 0 saturated heterocycles. The van der Waals surface area contributed by atoms with E-state index < -0.39 is 0 Å². The first-order valence-electron chi connectivity index (χ1n) is 9.25. The molecule has 0 aliphatic carbocycles. The molecule has 2 amide bonds. The van der Waals surface area contributed by atoms with Crippen LogP contribution in [0.1, 0.15) is 18.2 Å². The lowest BCUT2D eigenvalue weighted by Gasteiger charge is -2.22. The van der Waals surface area contributed by atoms with E-state index in [0.717, 1.165) is 17.0 Å². The van der Waals surface area contributed by atoms with Gasteiger partial charge in [-0.25, -0.2) is 9.78 Å². The molecule has 1 aliphatic heterocycles. The number of aromatic nitrogens is 1. The number of carbonyl (C=O) groups excluding carboxylic acids is 1. The molecule has 0 saturated carbocycles. The van der Waals surface area contributed by atoms with E-state index in [1.54, 1.807) is 16.5 Å². The minimum atomic E-state index is -0.179. The van der Waals surface area contributed by atoms with Crippen LogP contribution in [-0.4, -0.2) is 29.3 Å². The fourth-order valence-electron chi connectivity index (χ4n) is 2.92. The van der Waals surface area contributed by atoms with Gasteiger partial charge in [-0.3, -0.25) is 0 Å². The summed E-state index contributed by atoms with van der Waals surface area (Å²) in [4.78, 5) is 18.7. The predicted molar refractivity (Wildman–Crippen MR) is 111 cm³/mol. The molecule has 4 rings (SSSR count). The Bertz CT molecular complexity index is 978. The van der Waals surface area contributed by atoms with Crippen molar-refractivity contribution in [3.63, 3.8) is 0 Å². The van der Waals surface area contributed by atoms with Crippen molar-refractivity contribution in [3.8, 4) is 17.2 Å². The van der Waals surface area contributed by atoms with Crippen LogP contribution in [0.3, 0.4) is 0 Å². The normalized spacial score (nSPS) is 11.9. The molecule has 0 unspecified atom stereocenters. The van der Waals surface area contributed by atoms with Gasteiger partial charge in [0.2, 0.25) is 6.79 Å². The van der Waals surface area contributed by atoms with Crippen LogP contribution in [-0.2, 0) is 13.2 Å². The number of carbonyl (C=O) groups is 1. The van der Waals surface area contributed by atoms with Crippen molar-refractivity contribution in [3.05, 3.63) is 64.6 Å². The average Bonchev–Trinajstić information content (AvgIpc) is 3.42. The van der Waals surface area contributed by atoms with Crippen LogP contribution in [0.25, 0.3) is 0 Å².